The smallest absolute Gasteiger partial charge is 0.243 e. The van der Waals surface area contributed by atoms with Crippen LogP contribution in [-0.2, 0) is 16.1 Å². The molecule has 0 radical (unpaired) electrons. The van der Waals surface area contributed by atoms with Crippen molar-refractivity contribution >= 4 is 11.8 Å². The van der Waals surface area contributed by atoms with Gasteiger partial charge in [0.05, 0.1) is 6.61 Å². The molecule has 1 N–H and O–H groups in total. The van der Waals surface area contributed by atoms with Gasteiger partial charge < -0.3 is 15.0 Å². The summed E-state index contributed by atoms with van der Waals surface area (Å²) in [6.45, 7) is 8.65. The minimum atomic E-state index is -0.507. The Hall–Kier alpha value is -2.82. The molecule has 0 aliphatic carbocycles. The lowest BCUT2D eigenvalue weighted by Gasteiger charge is -2.33. The molecule has 2 aromatic carbocycles. The first kappa shape index (κ1) is 23.5. The summed E-state index contributed by atoms with van der Waals surface area (Å²) >= 11 is 0. The molecule has 0 saturated carbocycles. The van der Waals surface area contributed by atoms with Gasteiger partial charge in [0, 0.05) is 18.5 Å². The van der Waals surface area contributed by atoms with Gasteiger partial charge in [0.25, 0.3) is 0 Å². The van der Waals surface area contributed by atoms with E-state index in [0.717, 1.165) is 11.3 Å². The maximum atomic E-state index is 13.1. The molecule has 0 unspecified atom stereocenters. The molecule has 0 fully saturated rings. The van der Waals surface area contributed by atoms with Crippen molar-refractivity contribution < 1.29 is 14.3 Å². The van der Waals surface area contributed by atoms with E-state index in [-0.39, 0.29) is 17.4 Å². The average molecular weight is 411 g/mol. The van der Waals surface area contributed by atoms with Crippen LogP contribution in [0.25, 0.3) is 0 Å². The number of para-hydroxylation sites is 1. The number of ether oxygens (including phenoxy) is 1. The first-order valence-corrected chi connectivity index (χ1v) is 10.6. The zero-order chi connectivity index (χ0) is 22.0. The molecule has 0 aliphatic heterocycles. The summed E-state index contributed by atoms with van der Waals surface area (Å²) in [5.41, 5.74) is 0.656. The van der Waals surface area contributed by atoms with E-state index in [1.165, 1.54) is 0 Å². The number of carbonyl (C=O) groups excluding carboxylic acids is 2. The number of benzene rings is 2. The maximum Gasteiger partial charge on any atom is 0.243 e. The Balaban J connectivity index is 2.05. The third-order valence-corrected chi connectivity index (χ3v) is 4.63. The molecule has 0 spiro atoms. The van der Waals surface area contributed by atoms with Crippen molar-refractivity contribution in [3.05, 3.63) is 66.2 Å². The second-order valence-electron chi connectivity index (χ2n) is 8.44. The summed E-state index contributed by atoms with van der Waals surface area (Å²) in [5.74, 6) is 0.642. The Morgan fingerprint density at radius 2 is 1.60 bits per heavy atom. The highest BCUT2D eigenvalue weighted by atomic mass is 16.5. The standard InChI is InChI=1S/C25H34N2O3/c1-5-22(24(29)26-25(2,3)4)27(19-20-13-8-6-9-14-20)23(28)17-12-18-30-21-15-10-7-11-16-21/h6-11,13-16,22H,5,12,17-19H2,1-4H3,(H,26,29)/t22-/m0/s1. The van der Waals surface area contributed by atoms with Crippen molar-refractivity contribution in [3.8, 4) is 5.75 Å². The van der Waals surface area contributed by atoms with Gasteiger partial charge in [-0.25, -0.2) is 0 Å². The lowest BCUT2D eigenvalue weighted by atomic mass is 10.0. The van der Waals surface area contributed by atoms with Gasteiger partial charge in [-0.3, -0.25) is 9.59 Å². The number of hydrogen-bond donors (Lipinski definition) is 1. The topological polar surface area (TPSA) is 58.6 Å². The molecule has 2 aromatic rings. The zero-order valence-corrected chi connectivity index (χ0v) is 18.6. The van der Waals surface area contributed by atoms with Crippen LogP contribution in [0.4, 0.5) is 0 Å². The first-order chi connectivity index (χ1) is 14.3. The van der Waals surface area contributed by atoms with Crippen molar-refractivity contribution in [3.63, 3.8) is 0 Å². The van der Waals surface area contributed by atoms with Gasteiger partial charge in [-0.15, -0.1) is 0 Å². The normalized spacial score (nSPS) is 12.1. The van der Waals surface area contributed by atoms with Gasteiger partial charge >= 0.3 is 0 Å². The second kappa shape index (κ2) is 11.4. The number of carbonyl (C=O) groups is 2. The molecule has 0 aromatic heterocycles. The van der Waals surface area contributed by atoms with Crippen LogP contribution in [0.2, 0.25) is 0 Å². The quantitative estimate of drug-likeness (QED) is 0.584. The average Bonchev–Trinajstić information content (AvgIpc) is 2.71. The van der Waals surface area contributed by atoms with Crippen molar-refractivity contribution in [2.75, 3.05) is 6.61 Å². The number of nitrogens with one attached hydrogen (secondary N) is 1. The monoisotopic (exact) mass is 410 g/mol. The van der Waals surface area contributed by atoms with Gasteiger partial charge in [0.2, 0.25) is 11.8 Å². The van der Waals surface area contributed by atoms with Gasteiger partial charge in [0.15, 0.2) is 0 Å². The Morgan fingerprint density at radius 3 is 2.17 bits per heavy atom. The number of hydrogen-bond acceptors (Lipinski definition) is 3. The molecule has 1 atom stereocenters. The van der Waals surface area contributed by atoms with Gasteiger partial charge in [0.1, 0.15) is 11.8 Å². The zero-order valence-electron chi connectivity index (χ0n) is 18.6. The summed E-state index contributed by atoms with van der Waals surface area (Å²) in [7, 11) is 0. The molecular weight excluding hydrogens is 376 g/mol. The predicted octanol–water partition coefficient (Wildman–Crippen LogP) is 4.57. The highest BCUT2D eigenvalue weighted by Gasteiger charge is 2.30. The fourth-order valence-corrected chi connectivity index (χ4v) is 3.23. The minimum absolute atomic E-state index is 0.0357. The van der Waals surface area contributed by atoms with Crippen LogP contribution in [0.1, 0.15) is 52.5 Å². The molecule has 162 valence electrons. The summed E-state index contributed by atoms with van der Waals surface area (Å²) in [4.78, 5) is 27.7. The van der Waals surface area contributed by atoms with E-state index in [9.17, 15) is 9.59 Å². The Bertz CT molecular complexity index is 785. The first-order valence-electron chi connectivity index (χ1n) is 10.6. The molecular formula is C25H34N2O3. The molecule has 2 rings (SSSR count). The third-order valence-electron chi connectivity index (χ3n) is 4.63. The summed E-state index contributed by atoms with van der Waals surface area (Å²) in [6, 6.07) is 18.9. The molecule has 2 amide bonds. The molecule has 5 nitrogen and oxygen atoms in total. The summed E-state index contributed by atoms with van der Waals surface area (Å²) < 4.78 is 5.70. The van der Waals surface area contributed by atoms with Crippen LogP contribution in [-0.4, -0.2) is 34.9 Å². The van der Waals surface area contributed by atoms with E-state index < -0.39 is 6.04 Å². The third kappa shape index (κ3) is 7.90. The largest absolute Gasteiger partial charge is 0.494 e. The molecule has 0 heterocycles. The van der Waals surface area contributed by atoms with E-state index in [2.05, 4.69) is 5.32 Å². The Kier molecular flexibility index (Phi) is 8.90. The molecule has 5 heteroatoms. The summed E-state index contributed by atoms with van der Waals surface area (Å²) in [6.07, 6.45) is 1.48. The van der Waals surface area contributed by atoms with E-state index >= 15 is 0 Å². The van der Waals surface area contributed by atoms with Crippen LogP contribution in [0.5, 0.6) is 5.75 Å². The van der Waals surface area contributed by atoms with Crippen LogP contribution in [0.3, 0.4) is 0 Å². The fourth-order valence-electron chi connectivity index (χ4n) is 3.23. The number of amides is 2. The SMILES string of the molecule is CC[C@@H](C(=O)NC(C)(C)C)N(Cc1ccccc1)C(=O)CCCOc1ccccc1. The fraction of sp³-hybridized carbons (Fsp3) is 0.440. The predicted molar refractivity (Wildman–Crippen MR) is 120 cm³/mol. The second-order valence-corrected chi connectivity index (χ2v) is 8.44. The van der Waals surface area contributed by atoms with Gasteiger partial charge in [-0.05, 0) is 51.3 Å². The van der Waals surface area contributed by atoms with Crippen molar-refractivity contribution in [1.82, 2.24) is 10.2 Å². The van der Waals surface area contributed by atoms with E-state index in [1.54, 1.807) is 4.90 Å². The van der Waals surface area contributed by atoms with Crippen LogP contribution in [0.15, 0.2) is 60.7 Å². The van der Waals surface area contributed by atoms with Gasteiger partial charge in [-0.2, -0.15) is 0 Å². The van der Waals surface area contributed by atoms with Gasteiger partial charge in [-0.1, -0.05) is 55.5 Å². The van der Waals surface area contributed by atoms with Crippen molar-refractivity contribution in [2.24, 2.45) is 0 Å². The molecule has 0 bridgehead atoms. The number of nitrogens with zero attached hydrogens (tertiary/aromatic N) is 1. The van der Waals surface area contributed by atoms with Crippen LogP contribution < -0.4 is 10.1 Å². The maximum absolute atomic E-state index is 13.1. The lowest BCUT2D eigenvalue weighted by Crippen LogP contribution is -2.53. The highest BCUT2D eigenvalue weighted by molar-refractivity contribution is 5.88. The molecule has 0 aliphatic rings. The van der Waals surface area contributed by atoms with E-state index in [1.807, 2.05) is 88.4 Å². The van der Waals surface area contributed by atoms with Crippen LogP contribution >= 0.6 is 0 Å². The molecule has 0 saturated heterocycles. The lowest BCUT2D eigenvalue weighted by molar-refractivity contribution is -0.142. The van der Waals surface area contributed by atoms with Crippen LogP contribution in [0, 0.1) is 0 Å². The Morgan fingerprint density at radius 1 is 1.00 bits per heavy atom. The van der Waals surface area contributed by atoms with Crippen molar-refractivity contribution in [1.29, 1.82) is 0 Å². The minimum Gasteiger partial charge on any atom is -0.494 e. The van der Waals surface area contributed by atoms with Crippen molar-refractivity contribution in [2.45, 2.75) is 65.1 Å². The number of rotatable bonds is 10. The Labute approximate surface area is 180 Å². The highest BCUT2D eigenvalue weighted by Crippen LogP contribution is 2.16. The summed E-state index contributed by atoms with van der Waals surface area (Å²) in [5, 5.41) is 3.02. The molecule has 30 heavy (non-hydrogen) atoms. The van der Waals surface area contributed by atoms with E-state index in [4.69, 9.17) is 4.74 Å². The van der Waals surface area contributed by atoms with E-state index in [0.29, 0.717) is 32.4 Å².